The van der Waals surface area contributed by atoms with Gasteiger partial charge < -0.3 is 40.7 Å². The Kier molecular flexibility index (Phi) is 8.50. The number of aryl methyl sites for hydroxylation is 1. The van der Waals surface area contributed by atoms with Gasteiger partial charge in [-0.3, -0.25) is 0 Å². The van der Waals surface area contributed by atoms with Gasteiger partial charge in [-0.05, 0) is 103 Å². The van der Waals surface area contributed by atoms with Gasteiger partial charge in [0.1, 0.15) is 5.75 Å². The molecule has 1 saturated carbocycles. The Balaban J connectivity index is 0.981. The largest absolute Gasteiger partial charge is 0.507 e. The van der Waals surface area contributed by atoms with Crippen LogP contribution in [0.2, 0.25) is 0 Å². The summed E-state index contributed by atoms with van der Waals surface area (Å²) in [7, 11) is 0. The van der Waals surface area contributed by atoms with Gasteiger partial charge in [0.25, 0.3) is 0 Å². The fourth-order valence-corrected chi connectivity index (χ4v) is 9.52. The minimum atomic E-state index is -0.362. The number of aromatic hydroxyl groups is 5. The fraction of sp³-hybridized carbons (Fsp3) is 0.381. The molecule has 8 heteroatoms. The molecule has 7 N–H and O–H groups in total. The van der Waals surface area contributed by atoms with Crippen molar-refractivity contribution < 1.29 is 35.4 Å². The highest BCUT2D eigenvalue weighted by Gasteiger charge is 2.60. The molecule has 0 aromatic heterocycles. The van der Waals surface area contributed by atoms with Gasteiger partial charge >= 0.3 is 0 Å². The van der Waals surface area contributed by atoms with E-state index < -0.39 is 0 Å². The summed E-state index contributed by atoms with van der Waals surface area (Å²) in [5.74, 6) is 0.501. The number of aliphatic hydroxyl groups is 1. The summed E-state index contributed by atoms with van der Waals surface area (Å²) in [6, 6.07) is 18.3. The molecule has 4 aromatic rings. The Hall–Kier alpha value is -4.50. The molecule has 4 bridgehead atoms. The van der Waals surface area contributed by atoms with Crippen LogP contribution in [0.15, 0.2) is 72.8 Å². The molecule has 260 valence electrons. The van der Waals surface area contributed by atoms with Crippen molar-refractivity contribution in [2.45, 2.75) is 69.2 Å². The number of nitrogens with one attached hydrogen (secondary N) is 1. The summed E-state index contributed by atoms with van der Waals surface area (Å²) >= 11 is 0. The van der Waals surface area contributed by atoms with Crippen LogP contribution >= 0.6 is 0 Å². The van der Waals surface area contributed by atoms with Crippen molar-refractivity contribution >= 4 is 22.9 Å². The van der Waals surface area contributed by atoms with Crippen LogP contribution in [0.1, 0.15) is 59.9 Å². The summed E-state index contributed by atoms with van der Waals surface area (Å²) < 4.78 is 6.89. The van der Waals surface area contributed by atoms with Gasteiger partial charge in [0, 0.05) is 36.6 Å². The molecule has 2 heterocycles. The Bertz CT molecular complexity index is 1970. The highest BCUT2D eigenvalue weighted by Crippen LogP contribution is 2.58. The number of rotatable bonds is 9. The second-order valence-electron chi connectivity index (χ2n) is 14.8. The molecule has 8 rings (SSSR count). The molecule has 1 spiro atoms. The molecule has 4 aliphatic rings. The number of benzene rings is 4. The topological polar surface area (TPSA) is 143 Å². The van der Waals surface area contributed by atoms with Crippen molar-refractivity contribution in [1.82, 2.24) is 5.32 Å². The third kappa shape index (κ3) is 5.69. The minimum Gasteiger partial charge on any atom is -0.507 e. The zero-order valence-corrected chi connectivity index (χ0v) is 28.0. The number of hydrogen-bond donors (Lipinski definition) is 7. The zero-order valence-electron chi connectivity index (χ0n) is 28.0. The maximum Gasteiger partial charge on any atom is 0.169 e. The molecule has 7 atom stereocenters. The number of fused-ring (bicyclic) bond motifs is 4. The van der Waals surface area contributed by atoms with E-state index in [1.165, 1.54) is 30.2 Å². The van der Waals surface area contributed by atoms with Crippen molar-refractivity contribution in [3.63, 3.8) is 0 Å². The molecule has 8 nitrogen and oxygen atoms in total. The summed E-state index contributed by atoms with van der Waals surface area (Å²) in [4.78, 5) is 0. The van der Waals surface area contributed by atoms with E-state index in [0.717, 1.165) is 37.8 Å². The summed E-state index contributed by atoms with van der Waals surface area (Å²) in [5, 5.41) is 67.4. The number of phenols is 5. The first-order valence-corrected chi connectivity index (χ1v) is 17.9. The maximum atomic E-state index is 11.2. The van der Waals surface area contributed by atoms with E-state index in [1.54, 1.807) is 30.4 Å². The summed E-state index contributed by atoms with van der Waals surface area (Å²) in [6.07, 6.45) is 14.9. The third-order valence-electron chi connectivity index (χ3n) is 12.1. The number of phenolic OH excluding ortho intramolecular Hbond substituents is 5. The highest BCUT2D eigenvalue weighted by molar-refractivity contribution is 6.03. The van der Waals surface area contributed by atoms with Crippen LogP contribution in [0.3, 0.4) is 0 Å². The quantitative estimate of drug-likeness (QED) is 0.0576. The van der Waals surface area contributed by atoms with E-state index in [9.17, 15) is 30.6 Å². The second kappa shape index (κ2) is 13.0. The van der Waals surface area contributed by atoms with Crippen molar-refractivity contribution in [3.8, 4) is 28.7 Å². The average molecular weight is 676 g/mol. The van der Waals surface area contributed by atoms with Crippen LogP contribution in [0.5, 0.6) is 28.7 Å². The smallest absolute Gasteiger partial charge is 0.169 e. The predicted octanol–water partition coefficient (Wildman–Crippen LogP) is 6.92. The molecule has 4 aromatic carbocycles. The Morgan fingerprint density at radius 2 is 1.58 bits per heavy atom. The van der Waals surface area contributed by atoms with Gasteiger partial charge in [-0.15, -0.1) is 0 Å². The van der Waals surface area contributed by atoms with Crippen LogP contribution in [0, 0.1) is 23.7 Å². The normalized spacial score (nSPS) is 28.3. The molecule has 50 heavy (non-hydrogen) atoms. The van der Waals surface area contributed by atoms with Gasteiger partial charge in [-0.25, -0.2) is 0 Å². The van der Waals surface area contributed by atoms with Gasteiger partial charge in [0.05, 0.1) is 17.1 Å². The first-order chi connectivity index (χ1) is 24.2. The lowest BCUT2D eigenvalue weighted by atomic mass is 9.53. The monoisotopic (exact) mass is 675 g/mol. The number of hydrogen-bond acceptors (Lipinski definition) is 8. The number of aliphatic hydroxyl groups excluding tert-OH is 1. The SMILES string of the molecule is OCC1CCC2C=CC3CC2C12CC(NCc1ccc(CCc4c(O)c(O)c5c(O)cccc5c4C=Cc4ccc(O)c(O)c4)cc1)CC3O2. The molecule has 7 unspecified atom stereocenters. The zero-order chi connectivity index (χ0) is 34.6. The van der Waals surface area contributed by atoms with Crippen molar-refractivity contribution in [2.75, 3.05) is 6.61 Å². The predicted molar refractivity (Wildman–Crippen MR) is 193 cm³/mol. The first-order valence-electron chi connectivity index (χ1n) is 17.9. The summed E-state index contributed by atoms with van der Waals surface area (Å²) in [6.45, 7) is 0.940. The van der Waals surface area contributed by atoms with E-state index in [0.29, 0.717) is 58.7 Å². The molecule has 0 amide bonds. The third-order valence-corrected chi connectivity index (χ3v) is 12.1. The number of ether oxygens (including phenoxy) is 1. The lowest BCUT2D eigenvalue weighted by Gasteiger charge is -2.63. The lowest BCUT2D eigenvalue weighted by Crippen LogP contribution is -2.66. The second-order valence-corrected chi connectivity index (χ2v) is 14.8. The van der Waals surface area contributed by atoms with Gasteiger partial charge in [0.2, 0.25) is 0 Å². The molecule has 3 fully saturated rings. The lowest BCUT2D eigenvalue weighted by molar-refractivity contribution is -0.264. The van der Waals surface area contributed by atoms with Crippen molar-refractivity contribution in [2.24, 2.45) is 23.7 Å². The number of allylic oxidation sites excluding steroid dienone is 1. The minimum absolute atomic E-state index is 0.137. The van der Waals surface area contributed by atoms with Crippen LogP contribution in [0.4, 0.5) is 0 Å². The first kappa shape index (κ1) is 32.7. The van der Waals surface area contributed by atoms with E-state index in [1.807, 2.05) is 0 Å². The molecule has 2 aliphatic heterocycles. The van der Waals surface area contributed by atoms with Crippen molar-refractivity contribution in [3.05, 3.63) is 101 Å². The van der Waals surface area contributed by atoms with Crippen LogP contribution in [0.25, 0.3) is 22.9 Å². The van der Waals surface area contributed by atoms with E-state index in [4.69, 9.17) is 4.74 Å². The Labute approximate surface area is 292 Å². The van der Waals surface area contributed by atoms with E-state index >= 15 is 0 Å². The molecular formula is C42H45NO7. The Morgan fingerprint density at radius 3 is 2.38 bits per heavy atom. The van der Waals surface area contributed by atoms with E-state index in [-0.39, 0.29) is 58.4 Å². The molecule has 0 radical (unpaired) electrons. The average Bonchev–Trinajstić information content (AvgIpc) is 3.12. The van der Waals surface area contributed by atoms with Crippen LogP contribution in [-0.2, 0) is 24.1 Å². The highest BCUT2D eigenvalue weighted by atomic mass is 16.5. The van der Waals surface area contributed by atoms with Gasteiger partial charge in [-0.1, -0.05) is 66.8 Å². The standard InChI is InChI=1S/C42H45NO7/c44-23-29-14-13-27-11-12-28-19-34(27)42(29)21-30(20-38(28)50-42)43-22-26-6-4-24(5-7-26)8-16-33-31(15-9-25-10-17-35(45)37(47)18-25)32-2-1-3-36(46)39(32)41(49)40(33)48/h1-7,9-12,15,17-18,27-30,34,38,43-49H,8,13-14,16,19-23H2. The summed E-state index contributed by atoms with van der Waals surface area (Å²) in [5.41, 5.74) is 3.86. The van der Waals surface area contributed by atoms with Gasteiger partial charge in [0.15, 0.2) is 23.0 Å². The van der Waals surface area contributed by atoms with Crippen LogP contribution < -0.4 is 5.32 Å². The molecule has 2 saturated heterocycles. The van der Waals surface area contributed by atoms with Crippen molar-refractivity contribution in [1.29, 1.82) is 0 Å². The van der Waals surface area contributed by atoms with Gasteiger partial charge in [-0.2, -0.15) is 0 Å². The maximum absolute atomic E-state index is 11.2. The van der Waals surface area contributed by atoms with Crippen LogP contribution in [-0.4, -0.2) is 55.0 Å². The molecular weight excluding hydrogens is 630 g/mol. The molecule has 2 aliphatic carbocycles. The fourth-order valence-electron chi connectivity index (χ4n) is 9.52. The Morgan fingerprint density at radius 1 is 0.780 bits per heavy atom. The van der Waals surface area contributed by atoms with E-state index in [2.05, 4.69) is 41.7 Å².